The van der Waals surface area contributed by atoms with Crippen molar-refractivity contribution in [2.75, 3.05) is 77.5 Å². The summed E-state index contributed by atoms with van der Waals surface area (Å²) in [6.07, 6.45) is 8.63. The Bertz CT molecular complexity index is 1970. The number of hydrogen-bond acceptors (Lipinski definition) is 8. The van der Waals surface area contributed by atoms with Crippen LogP contribution in [0.5, 0.6) is 0 Å². The summed E-state index contributed by atoms with van der Waals surface area (Å²) < 4.78 is 80.5. The van der Waals surface area contributed by atoms with Crippen molar-refractivity contribution in [1.29, 1.82) is 0 Å². The molecule has 5 saturated heterocycles. The number of methoxy groups -OCH3 is 1. The highest BCUT2D eigenvalue weighted by molar-refractivity contribution is 7.89. The number of fused-ring (bicyclic) bond motifs is 2. The number of halogens is 3. The number of hydrogen-bond donors (Lipinski definition) is 1. The molecule has 1 saturated carbocycles. The number of ether oxygens (including phenoxy) is 1. The van der Waals surface area contributed by atoms with Gasteiger partial charge < -0.3 is 24.8 Å². The Hall–Kier alpha value is -3.66. The number of carbonyl (C=O) groups is 2. The number of alkyl halides is 1. The number of piperazine rings is 1. The van der Waals surface area contributed by atoms with Crippen LogP contribution in [0.2, 0.25) is 0 Å². The topological polar surface area (TPSA) is 106 Å². The Labute approximate surface area is 334 Å². The normalized spacial score (nSPS) is 28.0. The number of benzene rings is 2. The molecule has 8 rings (SSSR count). The molecule has 2 aromatic rings. The lowest BCUT2D eigenvalue weighted by molar-refractivity contribution is -0.127. The minimum atomic E-state index is -3.99. The summed E-state index contributed by atoms with van der Waals surface area (Å²) in [7, 11) is -2.62. The summed E-state index contributed by atoms with van der Waals surface area (Å²) in [5.41, 5.74) is -0.851. The van der Waals surface area contributed by atoms with Crippen LogP contribution in [0.25, 0.3) is 0 Å². The monoisotopic (exact) mass is 812 g/mol. The number of amides is 2. The van der Waals surface area contributed by atoms with E-state index in [1.165, 1.54) is 35.7 Å². The van der Waals surface area contributed by atoms with Crippen LogP contribution in [0.3, 0.4) is 0 Å². The third-order valence-corrected chi connectivity index (χ3v) is 15.8. The van der Waals surface area contributed by atoms with Gasteiger partial charge in [0.25, 0.3) is 0 Å². The lowest BCUT2D eigenvalue weighted by Gasteiger charge is -2.54. The number of likely N-dealkylation sites (tertiary alicyclic amines) is 3. The summed E-state index contributed by atoms with van der Waals surface area (Å²) in [4.78, 5) is 32.7. The SMILES string of the molecule is C/C=C/C(=O)N1C[C@@H]2C[C@H]1CN2S(=O)(=O)c1ccc(N2CC(F)(CN3CCC(C(CN4CCC4)(c4cccc(F)c4)[C@H]4CCC[C@@H]4NC(=O)OC)CC3)C2)c(F)c1. The molecule has 0 spiro atoms. The van der Waals surface area contributed by atoms with Crippen molar-refractivity contribution in [3.8, 4) is 0 Å². The fourth-order valence-electron chi connectivity index (χ4n) is 11.1. The number of carbonyl (C=O) groups excluding carboxylic acids is 2. The minimum absolute atomic E-state index is 0.00691. The van der Waals surface area contributed by atoms with Crippen molar-refractivity contribution in [2.45, 2.75) is 86.0 Å². The molecule has 15 heteroatoms. The molecule has 1 N–H and O–H groups in total. The van der Waals surface area contributed by atoms with Gasteiger partial charge in [-0.15, -0.1) is 0 Å². The molecule has 6 aliphatic rings. The molecular formula is C42H55F3N6O5S. The van der Waals surface area contributed by atoms with Crippen LogP contribution in [0, 0.1) is 23.5 Å². The van der Waals surface area contributed by atoms with Crippen molar-refractivity contribution < 1.29 is 35.9 Å². The smallest absolute Gasteiger partial charge is 0.407 e. The number of sulfonamides is 1. The highest BCUT2D eigenvalue weighted by Crippen LogP contribution is 2.52. The number of nitrogens with zero attached hydrogens (tertiary/aromatic N) is 5. The van der Waals surface area contributed by atoms with Gasteiger partial charge in [0.2, 0.25) is 15.9 Å². The largest absolute Gasteiger partial charge is 0.453 e. The fraction of sp³-hybridized carbons (Fsp3) is 0.619. The fourth-order valence-corrected chi connectivity index (χ4v) is 12.8. The molecule has 1 unspecified atom stereocenters. The molecule has 6 fully saturated rings. The van der Waals surface area contributed by atoms with E-state index in [-0.39, 0.29) is 78.4 Å². The van der Waals surface area contributed by atoms with Gasteiger partial charge in [0.15, 0.2) is 5.67 Å². The van der Waals surface area contributed by atoms with Crippen LogP contribution in [-0.2, 0) is 25.0 Å². The van der Waals surface area contributed by atoms with Gasteiger partial charge in [-0.2, -0.15) is 4.31 Å². The number of piperidine rings is 1. The Balaban J connectivity index is 0.919. The molecule has 5 aliphatic heterocycles. The van der Waals surface area contributed by atoms with Gasteiger partial charge in [-0.1, -0.05) is 24.6 Å². The Morgan fingerprint density at radius 1 is 0.965 bits per heavy atom. The van der Waals surface area contributed by atoms with E-state index in [0.717, 1.165) is 69.8 Å². The summed E-state index contributed by atoms with van der Waals surface area (Å²) in [5, 5.41) is 3.12. The summed E-state index contributed by atoms with van der Waals surface area (Å²) in [6.45, 7) is 6.49. The standard InChI is InChI=1S/C42H55F3N6O5S/c1-3-7-39(52)50-23-33-21-32(50)24-51(33)57(54,55)34-12-13-38(36(44)22-34)49-26-41(45,27-49)25-48-18-14-29(15-19-48)42(28-47-16-6-17-47,30-8-4-9-31(43)20-30)35-10-5-11-37(35)46-40(53)56-2/h3-4,7-9,12-13,20,22,29,32-33,35,37H,5-6,10-11,14-19,21,23-28H2,1-2H3,(H,46,53)/b7-3+/t32-,33-,35-,37-,42?/m0/s1. The van der Waals surface area contributed by atoms with E-state index in [1.54, 1.807) is 34.9 Å². The zero-order valence-corrected chi connectivity index (χ0v) is 33.7. The van der Waals surface area contributed by atoms with Gasteiger partial charge in [-0.25, -0.2) is 26.4 Å². The molecule has 0 aromatic heterocycles. The van der Waals surface area contributed by atoms with Crippen molar-refractivity contribution in [3.63, 3.8) is 0 Å². The summed E-state index contributed by atoms with van der Waals surface area (Å²) in [5.74, 6) is -0.872. The second-order valence-electron chi connectivity index (χ2n) is 17.2. The van der Waals surface area contributed by atoms with Crippen molar-refractivity contribution in [3.05, 3.63) is 71.8 Å². The average Bonchev–Trinajstić information content (AvgIpc) is 3.92. The minimum Gasteiger partial charge on any atom is -0.453 e. The van der Waals surface area contributed by atoms with Crippen LogP contribution < -0.4 is 10.2 Å². The first kappa shape index (κ1) is 40.1. The lowest BCUT2D eigenvalue weighted by Crippen LogP contribution is -2.65. The average molecular weight is 813 g/mol. The van der Waals surface area contributed by atoms with Gasteiger partial charge in [0.05, 0.1) is 30.8 Å². The predicted molar refractivity (Wildman–Crippen MR) is 210 cm³/mol. The molecule has 2 aromatic carbocycles. The third-order valence-electron chi connectivity index (χ3n) is 13.9. The molecule has 11 nitrogen and oxygen atoms in total. The predicted octanol–water partition coefficient (Wildman–Crippen LogP) is 4.92. The van der Waals surface area contributed by atoms with E-state index in [9.17, 15) is 18.0 Å². The second kappa shape index (κ2) is 15.8. The Morgan fingerprint density at radius 3 is 2.37 bits per heavy atom. The van der Waals surface area contributed by atoms with Crippen molar-refractivity contribution >= 4 is 27.7 Å². The van der Waals surface area contributed by atoms with E-state index in [1.807, 2.05) is 6.07 Å². The second-order valence-corrected chi connectivity index (χ2v) is 19.1. The molecular weight excluding hydrogens is 758 g/mol. The van der Waals surface area contributed by atoms with E-state index in [2.05, 4.69) is 15.1 Å². The number of allylic oxidation sites excluding steroid dienone is 1. The number of nitrogens with one attached hydrogen (secondary N) is 1. The van der Waals surface area contributed by atoms with Gasteiger partial charge in [-0.3, -0.25) is 9.69 Å². The van der Waals surface area contributed by atoms with Gasteiger partial charge >= 0.3 is 6.09 Å². The highest BCUT2D eigenvalue weighted by atomic mass is 32.2. The quantitative estimate of drug-likeness (QED) is 0.302. The van der Waals surface area contributed by atoms with E-state index < -0.39 is 33.0 Å². The van der Waals surface area contributed by atoms with Crippen LogP contribution in [-0.4, -0.2) is 136 Å². The van der Waals surface area contributed by atoms with Crippen LogP contribution >= 0.6 is 0 Å². The van der Waals surface area contributed by atoms with Crippen molar-refractivity contribution in [1.82, 2.24) is 24.3 Å². The molecule has 5 heterocycles. The number of rotatable bonds is 12. The zero-order valence-electron chi connectivity index (χ0n) is 32.9. The molecule has 2 bridgehead atoms. The maximum absolute atomic E-state index is 16.3. The third kappa shape index (κ3) is 7.57. The van der Waals surface area contributed by atoms with Crippen LogP contribution in [0.15, 0.2) is 59.5 Å². The maximum Gasteiger partial charge on any atom is 0.407 e. The first-order valence-electron chi connectivity index (χ1n) is 20.6. The molecule has 5 atom stereocenters. The molecule has 0 radical (unpaired) electrons. The van der Waals surface area contributed by atoms with E-state index >= 15 is 13.2 Å². The lowest BCUT2D eigenvalue weighted by atomic mass is 9.57. The van der Waals surface area contributed by atoms with Crippen molar-refractivity contribution in [2.24, 2.45) is 11.8 Å². The molecule has 310 valence electrons. The highest BCUT2D eigenvalue weighted by Gasteiger charge is 2.54. The molecule has 2 amide bonds. The number of alkyl carbamates (subject to hydrolysis) is 1. The van der Waals surface area contributed by atoms with Crippen LogP contribution in [0.1, 0.15) is 57.4 Å². The van der Waals surface area contributed by atoms with Crippen LogP contribution in [0.4, 0.5) is 23.7 Å². The maximum atomic E-state index is 16.3. The first-order chi connectivity index (χ1) is 27.3. The Kier molecular flexibility index (Phi) is 11.1. The van der Waals surface area contributed by atoms with Gasteiger partial charge in [0, 0.05) is 49.7 Å². The number of anilines is 1. The van der Waals surface area contributed by atoms with E-state index in [4.69, 9.17) is 4.74 Å². The Morgan fingerprint density at radius 2 is 1.74 bits per heavy atom. The van der Waals surface area contributed by atoms with Gasteiger partial charge in [-0.05, 0) is 125 Å². The zero-order chi connectivity index (χ0) is 40.1. The van der Waals surface area contributed by atoms with Gasteiger partial charge in [0.1, 0.15) is 11.6 Å². The summed E-state index contributed by atoms with van der Waals surface area (Å²) >= 11 is 0. The first-order valence-corrected chi connectivity index (χ1v) is 22.0. The summed E-state index contributed by atoms with van der Waals surface area (Å²) in [6, 6.07) is 10.2. The molecule has 1 aliphatic carbocycles. The van der Waals surface area contributed by atoms with E-state index in [0.29, 0.717) is 26.1 Å². The molecule has 57 heavy (non-hydrogen) atoms.